The van der Waals surface area contributed by atoms with E-state index < -0.39 is 4.92 Å². The molecule has 0 aliphatic carbocycles. The molecule has 0 heterocycles. The van der Waals surface area contributed by atoms with Gasteiger partial charge in [-0.3, -0.25) is 10.1 Å². The molecule has 0 aliphatic rings. The highest BCUT2D eigenvalue weighted by atomic mass is 16.6. The Morgan fingerprint density at radius 3 is 2.14 bits per heavy atom. The molecular formula is C17H21N3O2. The van der Waals surface area contributed by atoms with E-state index in [0.29, 0.717) is 24.3 Å². The molecule has 0 saturated carbocycles. The number of rotatable bonds is 6. The van der Waals surface area contributed by atoms with Gasteiger partial charge in [0.2, 0.25) is 0 Å². The number of hydrogen-bond donors (Lipinski definition) is 0. The number of nitrogens with zero attached hydrogens (tertiary/aromatic N) is 3. The quantitative estimate of drug-likeness (QED) is 0.587. The van der Waals surface area contributed by atoms with Gasteiger partial charge in [0.05, 0.1) is 17.4 Å². The van der Waals surface area contributed by atoms with Crippen molar-refractivity contribution >= 4 is 5.69 Å². The highest BCUT2D eigenvalue weighted by Gasteiger charge is 2.25. The van der Waals surface area contributed by atoms with Gasteiger partial charge in [0.25, 0.3) is 5.69 Å². The standard InChI is InChI=1S/C17H21N3O2/c1-11(2)7-13-9-17(20(21)22)16(10-19)15(8-12(3)4)14(13)5-6-18/h9,11-12H,5,7-8H2,1-4H3. The zero-order chi connectivity index (χ0) is 16.9. The molecule has 5 heteroatoms. The van der Waals surface area contributed by atoms with E-state index in [-0.39, 0.29) is 23.6 Å². The highest BCUT2D eigenvalue weighted by Crippen LogP contribution is 2.32. The third-order valence-electron chi connectivity index (χ3n) is 3.43. The summed E-state index contributed by atoms with van der Waals surface area (Å²) in [5.74, 6) is 0.565. The normalized spacial score (nSPS) is 10.5. The van der Waals surface area contributed by atoms with E-state index >= 15 is 0 Å². The molecule has 0 amide bonds. The first-order valence-corrected chi connectivity index (χ1v) is 7.40. The van der Waals surface area contributed by atoms with E-state index in [1.54, 1.807) is 0 Å². The first-order chi connectivity index (χ1) is 10.3. The summed E-state index contributed by atoms with van der Waals surface area (Å²) in [7, 11) is 0. The van der Waals surface area contributed by atoms with Gasteiger partial charge in [0, 0.05) is 6.07 Å². The molecule has 0 N–H and O–H groups in total. The van der Waals surface area contributed by atoms with Crippen LogP contribution in [-0.4, -0.2) is 4.92 Å². The van der Waals surface area contributed by atoms with Crippen molar-refractivity contribution in [1.29, 1.82) is 10.5 Å². The Morgan fingerprint density at radius 2 is 1.73 bits per heavy atom. The second kappa shape index (κ2) is 7.56. The summed E-state index contributed by atoms with van der Waals surface area (Å²) < 4.78 is 0. The maximum absolute atomic E-state index is 11.3. The second-order valence-electron chi connectivity index (χ2n) is 6.29. The largest absolute Gasteiger partial charge is 0.287 e. The summed E-state index contributed by atoms with van der Waals surface area (Å²) in [6.45, 7) is 8.06. The van der Waals surface area contributed by atoms with Crippen LogP contribution in [0.4, 0.5) is 5.69 Å². The van der Waals surface area contributed by atoms with Crippen LogP contribution in [-0.2, 0) is 19.3 Å². The molecule has 0 aliphatic heterocycles. The molecule has 0 unspecified atom stereocenters. The fraction of sp³-hybridized carbons (Fsp3) is 0.529. The van der Waals surface area contributed by atoms with Crippen LogP contribution < -0.4 is 0 Å². The third-order valence-corrected chi connectivity index (χ3v) is 3.43. The Hall–Kier alpha value is -2.40. The fourth-order valence-electron chi connectivity index (χ4n) is 2.65. The Bertz CT molecular complexity index is 649. The summed E-state index contributed by atoms with van der Waals surface area (Å²) in [6.07, 6.45) is 1.40. The van der Waals surface area contributed by atoms with Gasteiger partial charge in [-0.1, -0.05) is 27.7 Å². The first kappa shape index (κ1) is 17.7. The van der Waals surface area contributed by atoms with Crippen molar-refractivity contribution in [3.63, 3.8) is 0 Å². The molecule has 0 saturated heterocycles. The lowest BCUT2D eigenvalue weighted by Gasteiger charge is -2.17. The summed E-state index contributed by atoms with van der Waals surface area (Å²) >= 11 is 0. The Morgan fingerprint density at radius 1 is 1.14 bits per heavy atom. The van der Waals surface area contributed by atoms with Crippen LogP contribution >= 0.6 is 0 Å². The van der Waals surface area contributed by atoms with E-state index in [2.05, 4.69) is 6.07 Å². The van der Waals surface area contributed by atoms with Crippen LogP contribution in [0.3, 0.4) is 0 Å². The van der Waals surface area contributed by atoms with Crippen molar-refractivity contribution in [3.05, 3.63) is 38.4 Å². The Balaban J connectivity index is 3.71. The predicted molar refractivity (Wildman–Crippen MR) is 84.2 cm³/mol. The highest BCUT2D eigenvalue weighted by molar-refractivity contribution is 5.60. The van der Waals surface area contributed by atoms with Crippen LogP contribution in [0.1, 0.15) is 49.9 Å². The van der Waals surface area contributed by atoms with Gasteiger partial charge < -0.3 is 0 Å². The maximum atomic E-state index is 11.3. The summed E-state index contributed by atoms with van der Waals surface area (Å²) in [5, 5.41) is 29.8. The second-order valence-corrected chi connectivity index (χ2v) is 6.29. The van der Waals surface area contributed by atoms with Crippen molar-refractivity contribution in [1.82, 2.24) is 0 Å². The SMILES string of the molecule is CC(C)Cc1cc([N+](=O)[O-])c(C#N)c(CC(C)C)c1CC#N. The van der Waals surface area contributed by atoms with Gasteiger partial charge in [-0.05, 0) is 41.4 Å². The van der Waals surface area contributed by atoms with Crippen LogP contribution in [0.2, 0.25) is 0 Å². The number of hydrogen-bond acceptors (Lipinski definition) is 4. The average molecular weight is 299 g/mol. The Labute approximate surface area is 131 Å². The molecule has 0 spiro atoms. The summed E-state index contributed by atoms with van der Waals surface area (Å²) in [4.78, 5) is 10.8. The molecule has 22 heavy (non-hydrogen) atoms. The predicted octanol–water partition coefficient (Wildman–Crippen LogP) is 3.93. The Kier molecular flexibility index (Phi) is 6.07. The average Bonchev–Trinajstić information content (AvgIpc) is 2.40. The molecule has 0 atom stereocenters. The number of benzene rings is 1. The smallest absolute Gasteiger partial charge is 0.258 e. The fourth-order valence-corrected chi connectivity index (χ4v) is 2.65. The summed E-state index contributed by atoms with van der Waals surface area (Å²) in [5.41, 5.74) is 2.25. The lowest BCUT2D eigenvalue weighted by molar-refractivity contribution is -0.385. The van der Waals surface area contributed by atoms with Gasteiger partial charge >= 0.3 is 0 Å². The lowest BCUT2D eigenvalue weighted by atomic mass is 9.85. The molecule has 1 aromatic carbocycles. The molecule has 1 rings (SSSR count). The number of nitro benzene ring substituents is 1. The molecule has 1 aromatic rings. The zero-order valence-corrected chi connectivity index (χ0v) is 13.5. The molecule has 0 aromatic heterocycles. The first-order valence-electron chi connectivity index (χ1n) is 7.40. The van der Waals surface area contributed by atoms with Gasteiger partial charge in [-0.15, -0.1) is 0 Å². The minimum atomic E-state index is -0.498. The number of nitro groups is 1. The van der Waals surface area contributed by atoms with Gasteiger partial charge in [-0.25, -0.2) is 0 Å². The van der Waals surface area contributed by atoms with Gasteiger partial charge in [-0.2, -0.15) is 10.5 Å². The molecule has 116 valence electrons. The monoisotopic (exact) mass is 299 g/mol. The molecular weight excluding hydrogens is 278 g/mol. The summed E-state index contributed by atoms with van der Waals surface area (Å²) in [6, 6.07) is 5.59. The molecule has 5 nitrogen and oxygen atoms in total. The van der Waals surface area contributed by atoms with Gasteiger partial charge in [0.1, 0.15) is 11.6 Å². The van der Waals surface area contributed by atoms with Gasteiger partial charge in [0.15, 0.2) is 0 Å². The number of nitriles is 2. The van der Waals surface area contributed by atoms with E-state index in [1.807, 2.05) is 33.8 Å². The third kappa shape index (κ3) is 4.05. The van der Waals surface area contributed by atoms with Crippen molar-refractivity contribution in [3.8, 4) is 12.1 Å². The topological polar surface area (TPSA) is 90.7 Å². The minimum Gasteiger partial charge on any atom is -0.258 e. The van der Waals surface area contributed by atoms with Crippen LogP contribution in [0.25, 0.3) is 0 Å². The maximum Gasteiger partial charge on any atom is 0.287 e. The minimum absolute atomic E-state index is 0.108. The van der Waals surface area contributed by atoms with Crippen LogP contribution in [0.15, 0.2) is 6.07 Å². The van der Waals surface area contributed by atoms with Crippen LogP contribution in [0.5, 0.6) is 0 Å². The van der Waals surface area contributed by atoms with Crippen LogP contribution in [0, 0.1) is 44.6 Å². The molecule has 0 fully saturated rings. The van der Waals surface area contributed by atoms with E-state index in [9.17, 15) is 15.4 Å². The van der Waals surface area contributed by atoms with Crippen molar-refractivity contribution < 1.29 is 4.92 Å². The van der Waals surface area contributed by atoms with E-state index in [4.69, 9.17) is 5.26 Å². The van der Waals surface area contributed by atoms with E-state index in [0.717, 1.165) is 11.1 Å². The lowest BCUT2D eigenvalue weighted by Crippen LogP contribution is -2.10. The van der Waals surface area contributed by atoms with Crippen molar-refractivity contribution in [2.45, 2.75) is 47.0 Å². The zero-order valence-electron chi connectivity index (χ0n) is 13.5. The van der Waals surface area contributed by atoms with Crippen molar-refractivity contribution in [2.24, 2.45) is 11.8 Å². The van der Waals surface area contributed by atoms with Crippen molar-refractivity contribution in [2.75, 3.05) is 0 Å². The molecule has 0 bridgehead atoms. The molecule has 0 radical (unpaired) electrons. The van der Waals surface area contributed by atoms with E-state index in [1.165, 1.54) is 6.07 Å².